The SMILES string of the molecule is CCCCCN1CCN(C(=O)OCc2ccccc2C(F)(F)F)CC1. The number of carbonyl (C=O) groups is 1. The predicted octanol–water partition coefficient (Wildman–Crippen LogP) is 4.15. The summed E-state index contributed by atoms with van der Waals surface area (Å²) in [6.45, 7) is 5.46. The molecule has 0 N–H and O–H groups in total. The minimum Gasteiger partial charge on any atom is -0.445 e. The van der Waals surface area contributed by atoms with E-state index < -0.39 is 17.8 Å². The summed E-state index contributed by atoms with van der Waals surface area (Å²) < 4.78 is 43.9. The van der Waals surface area contributed by atoms with Crippen LogP contribution >= 0.6 is 0 Å². The van der Waals surface area contributed by atoms with E-state index in [1.807, 2.05) is 0 Å². The molecule has 140 valence electrons. The highest BCUT2D eigenvalue weighted by atomic mass is 19.4. The van der Waals surface area contributed by atoms with Crippen LogP contribution in [0.3, 0.4) is 0 Å². The number of nitrogens with zero attached hydrogens (tertiary/aromatic N) is 2. The number of carbonyl (C=O) groups excluding carboxylic acids is 1. The van der Waals surface area contributed by atoms with Crippen molar-refractivity contribution in [2.24, 2.45) is 0 Å². The largest absolute Gasteiger partial charge is 0.445 e. The molecule has 1 aromatic rings. The van der Waals surface area contributed by atoms with E-state index in [1.54, 1.807) is 4.90 Å². The zero-order chi connectivity index (χ0) is 18.3. The number of halogens is 3. The molecule has 1 amide bonds. The van der Waals surface area contributed by atoms with Crippen LogP contribution in [0.5, 0.6) is 0 Å². The van der Waals surface area contributed by atoms with Crippen molar-refractivity contribution in [2.75, 3.05) is 32.7 Å². The Morgan fingerprint density at radius 1 is 1.12 bits per heavy atom. The van der Waals surface area contributed by atoms with Crippen molar-refractivity contribution in [1.29, 1.82) is 0 Å². The lowest BCUT2D eigenvalue weighted by Crippen LogP contribution is -2.48. The third-order valence-corrected chi connectivity index (χ3v) is 4.38. The lowest BCUT2D eigenvalue weighted by atomic mass is 10.1. The molecule has 0 atom stereocenters. The summed E-state index contributed by atoms with van der Waals surface area (Å²) in [4.78, 5) is 16.0. The number of alkyl halides is 3. The number of piperazine rings is 1. The van der Waals surface area contributed by atoms with Gasteiger partial charge < -0.3 is 9.64 Å². The molecule has 2 rings (SSSR count). The van der Waals surface area contributed by atoms with Crippen LogP contribution in [0.4, 0.5) is 18.0 Å². The molecule has 0 aromatic heterocycles. The molecule has 0 aliphatic carbocycles. The van der Waals surface area contributed by atoms with Gasteiger partial charge in [0.25, 0.3) is 0 Å². The Balaban J connectivity index is 1.80. The molecule has 0 radical (unpaired) electrons. The molecule has 1 fully saturated rings. The molecule has 7 heteroatoms. The molecule has 4 nitrogen and oxygen atoms in total. The normalized spacial score (nSPS) is 16.1. The van der Waals surface area contributed by atoms with E-state index in [0.29, 0.717) is 13.1 Å². The van der Waals surface area contributed by atoms with Crippen molar-refractivity contribution in [2.45, 2.75) is 39.0 Å². The molecule has 0 saturated carbocycles. The molecular formula is C18H25F3N2O2. The molecule has 25 heavy (non-hydrogen) atoms. The molecule has 1 saturated heterocycles. The minimum absolute atomic E-state index is 0.0263. The van der Waals surface area contributed by atoms with E-state index in [1.165, 1.54) is 31.0 Å². The smallest absolute Gasteiger partial charge is 0.416 e. The summed E-state index contributed by atoms with van der Waals surface area (Å²) in [7, 11) is 0. The number of hydrogen-bond donors (Lipinski definition) is 0. The van der Waals surface area contributed by atoms with Crippen LogP contribution in [0.25, 0.3) is 0 Å². The predicted molar refractivity (Wildman–Crippen MR) is 89.2 cm³/mol. The van der Waals surface area contributed by atoms with Crippen molar-refractivity contribution in [1.82, 2.24) is 9.80 Å². The van der Waals surface area contributed by atoms with E-state index in [-0.39, 0.29) is 12.2 Å². The van der Waals surface area contributed by atoms with E-state index in [4.69, 9.17) is 4.74 Å². The topological polar surface area (TPSA) is 32.8 Å². The molecule has 1 heterocycles. The highest BCUT2D eigenvalue weighted by Gasteiger charge is 2.33. The summed E-state index contributed by atoms with van der Waals surface area (Å²) in [6, 6.07) is 5.17. The van der Waals surface area contributed by atoms with E-state index in [9.17, 15) is 18.0 Å². The Morgan fingerprint density at radius 2 is 1.80 bits per heavy atom. The maximum absolute atomic E-state index is 12.9. The fraction of sp³-hybridized carbons (Fsp3) is 0.611. The van der Waals surface area contributed by atoms with Crippen molar-refractivity contribution in [3.63, 3.8) is 0 Å². The second-order valence-electron chi connectivity index (χ2n) is 6.25. The number of amides is 1. The first-order chi connectivity index (χ1) is 11.9. The van der Waals surface area contributed by atoms with Gasteiger partial charge in [-0.1, -0.05) is 38.0 Å². The molecular weight excluding hydrogens is 333 g/mol. The number of benzene rings is 1. The highest BCUT2D eigenvalue weighted by Crippen LogP contribution is 2.32. The van der Waals surface area contributed by atoms with Gasteiger partial charge in [0.1, 0.15) is 6.61 Å². The Labute approximate surface area is 146 Å². The van der Waals surface area contributed by atoms with Gasteiger partial charge in [-0.3, -0.25) is 4.90 Å². The summed E-state index contributed by atoms with van der Waals surface area (Å²) in [6.07, 6.45) is -1.49. The fourth-order valence-corrected chi connectivity index (χ4v) is 2.89. The first kappa shape index (κ1) is 19.6. The monoisotopic (exact) mass is 358 g/mol. The average molecular weight is 358 g/mol. The first-order valence-corrected chi connectivity index (χ1v) is 8.71. The molecule has 0 spiro atoms. The fourth-order valence-electron chi connectivity index (χ4n) is 2.89. The zero-order valence-electron chi connectivity index (χ0n) is 14.5. The van der Waals surface area contributed by atoms with E-state index in [0.717, 1.165) is 32.1 Å². The number of rotatable bonds is 6. The third-order valence-electron chi connectivity index (χ3n) is 4.38. The van der Waals surface area contributed by atoms with Gasteiger partial charge in [0.2, 0.25) is 0 Å². The summed E-state index contributed by atoms with van der Waals surface area (Å²) in [5.74, 6) is 0. The number of hydrogen-bond acceptors (Lipinski definition) is 3. The highest BCUT2D eigenvalue weighted by molar-refractivity contribution is 5.67. The van der Waals surface area contributed by atoms with Gasteiger partial charge in [-0.25, -0.2) is 4.79 Å². The molecule has 1 aliphatic heterocycles. The second kappa shape index (κ2) is 9.08. The summed E-state index contributed by atoms with van der Waals surface area (Å²) in [5, 5.41) is 0. The van der Waals surface area contributed by atoms with Gasteiger partial charge in [0.15, 0.2) is 0 Å². The van der Waals surface area contributed by atoms with Crippen LogP contribution in [0.15, 0.2) is 24.3 Å². The first-order valence-electron chi connectivity index (χ1n) is 8.71. The number of unbranched alkanes of at least 4 members (excludes halogenated alkanes) is 2. The van der Waals surface area contributed by atoms with Crippen LogP contribution in [0, 0.1) is 0 Å². The summed E-state index contributed by atoms with van der Waals surface area (Å²) >= 11 is 0. The van der Waals surface area contributed by atoms with Gasteiger partial charge in [-0.05, 0) is 19.0 Å². The minimum atomic E-state index is -4.45. The number of ether oxygens (including phenoxy) is 1. The third kappa shape index (κ3) is 5.92. The second-order valence-corrected chi connectivity index (χ2v) is 6.25. The zero-order valence-corrected chi connectivity index (χ0v) is 14.5. The van der Waals surface area contributed by atoms with Crippen molar-refractivity contribution >= 4 is 6.09 Å². The summed E-state index contributed by atoms with van der Waals surface area (Å²) in [5.41, 5.74) is -0.787. The van der Waals surface area contributed by atoms with Crippen LogP contribution in [-0.4, -0.2) is 48.6 Å². The van der Waals surface area contributed by atoms with Gasteiger partial charge in [0, 0.05) is 31.7 Å². The molecule has 1 aromatic carbocycles. The maximum Gasteiger partial charge on any atom is 0.416 e. The van der Waals surface area contributed by atoms with Gasteiger partial charge in [-0.2, -0.15) is 13.2 Å². The van der Waals surface area contributed by atoms with Crippen LogP contribution in [-0.2, 0) is 17.5 Å². The van der Waals surface area contributed by atoms with Crippen molar-refractivity contribution in [3.8, 4) is 0 Å². The Bertz CT molecular complexity index is 555. The van der Waals surface area contributed by atoms with Crippen molar-refractivity contribution in [3.05, 3.63) is 35.4 Å². The average Bonchev–Trinajstić information content (AvgIpc) is 2.60. The quantitative estimate of drug-likeness (QED) is 0.716. The Morgan fingerprint density at radius 3 is 2.44 bits per heavy atom. The van der Waals surface area contributed by atoms with E-state index >= 15 is 0 Å². The maximum atomic E-state index is 12.9. The van der Waals surface area contributed by atoms with E-state index in [2.05, 4.69) is 11.8 Å². The lowest BCUT2D eigenvalue weighted by molar-refractivity contribution is -0.138. The Hall–Kier alpha value is -1.76. The van der Waals surface area contributed by atoms with Gasteiger partial charge in [0.05, 0.1) is 5.56 Å². The van der Waals surface area contributed by atoms with Crippen LogP contribution < -0.4 is 0 Å². The lowest BCUT2D eigenvalue weighted by Gasteiger charge is -2.34. The van der Waals surface area contributed by atoms with Gasteiger partial charge in [-0.15, -0.1) is 0 Å². The van der Waals surface area contributed by atoms with Crippen molar-refractivity contribution < 1.29 is 22.7 Å². The van der Waals surface area contributed by atoms with Gasteiger partial charge >= 0.3 is 12.3 Å². The molecule has 1 aliphatic rings. The van der Waals surface area contributed by atoms with Crippen LogP contribution in [0.1, 0.15) is 37.3 Å². The standard InChI is InChI=1S/C18H25F3N2O2/c1-2-3-6-9-22-10-12-23(13-11-22)17(24)25-14-15-7-4-5-8-16(15)18(19,20)21/h4-5,7-8H,2-3,6,9-14H2,1H3. The Kier molecular flexibility index (Phi) is 7.11. The van der Waals surface area contributed by atoms with Crippen LogP contribution in [0.2, 0.25) is 0 Å². The molecule has 0 bridgehead atoms. The molecule has 0 unspecified atom stereocenters.